The van der Waals surface area contributed by atoms with E-state index in [1.807, 2.05) is 63.2 Å². The minimum Gasteiger partial charge on any atom is -0.289 e. The van der Waals surface area contributed by atoms with Crippen molar-refractivity contribution in [1.29, 1.82) is 0 Å². The molecule has 1 heterocycles. The van der Waals surface area contributed by atoms with Crippen molar-refractivity contribution in [2.75, 3.05) is 0 Å². The molecule has 0 bridgehead atoms. The molecule has 0 fully saturated rings. The second kappa shape index (κ2) is 5.32. The molecule has 0 spiro atoms. The van der Waals surface area contributed by atoms with E-state index in [1.54, 1.807) is 11.3 Å². The van der Waals surface area contributed by atoms with Gasteiger partial charge in [-0.1, -0.05) is 37.6 Å². The Morgan fingerprint density at radius 3 is 2.33 bits per heavy atom. The Morgan fingerprint density at radius 1 is 0.889 bits per heavy atom. The van der Waals surface area contributed by atoms with Crippen molar-refractivity contribution in [2.24, 2.45) is 0 Å². The molecule has 18 heavy (non-hydrogen) atoms. The third kappa shape index (κ3) is 2.16. The molecular formula is C16H16OS. The zero-order valence-corrected chi connectivity index (χ0v) is 11.7. The van der Waals surface area contributed by atoms with E-state index in [0.29, 0.717) is 0 Å². The molecule has 1 aromatic heterocycles. The predicted octanol–water partition coefficient (Wildman–Crippen LogP) is 4.75. The molecule has 0 saturated heterocycles. The van der Waals surface area contributed by atoms with Gasteiger partial charge in [0.2, 0.25) is 0 Å². The van der Waals surface area contributed by atoms with Crippen molar-refractivity contribution in [1.82, 2.24) is 0 Å². The fourth-order valence-corrected chi connectivity index (χ4v) is 2.97. The summed E-state index contributed by atoms with van der Waals surface area (Å²) in [6.07, 6.45) is 0. The lowest BCUT2D eigenvalue weighted by Gasteiger charge is -2.01. The summed E-state index contributed by atoms with van der Waals surface area (Å²) in [6, 6.07) is 13.8. The highest BCUT2D eigenvalue weighted by molar-refractivity contribution is 7.24. The summed E-state index contributed by atoms with van der Waals surface area (Å²) in [5.74, 6) is 0. The van der Waals surface area contributed by atoms with Gasteiger partial charge >= 0.3 is 0 Å². The van der Waals surface area contributed by atoms with Crippen LogP contribution in [-0.4, -0.2) is 0 Å². The van der Waals surface area contributed by atoms with E-state index in [0.717, 1.165) is 25.7 Å². The molecule has 0 N–H and O–H groups in total. The molecule has 0 aliphatic carbocycles. The average molecular weight is 256 g/mol. The van der Waals surface area contributed by atoms with Crippen molar-refractivity contribution < 1.29 is 0 Å². The van der Waals surface area contributed by atoms with Gasteiger partial charge in [0.15, 0.2) is 5.43 Å². The molecular weight excluding hydrogens is 240 g/mol. The molecule has 0 amide bonds. The second-order valence-corrected chi connectivity index (χ2v) is 5.01. The number of fused-ring (bicyclic) bond motifs is 2. The third-order valence-corrected chi connectivity index (χ3v) is 3.88. The number of hydrogen-bond donors (Lipinski definition) is 0. The predicted molar refractivity (Wildman–Crippen MR) is 81.7 cm³/mol. The van der Waals surface area contributed by atoms with E-state index >= 15 is 0 Å². The van der Waals surface area contributed by atoms with E-state index in [4.69, 9.17) is 0 Å². The number of aryl methyl sites for hydroxylation is 1. The van der Waals surface area contributed by atoms with E-state index in [9.17, 15) is 4.79 Å². The number of hydrogen-bond acceptors (Lipinski definition) is 2. The van der Waals surface area contributed by atoms with Gasteiger partial charge in [0.1, 0.15) is 0 Å². The van der Waals surface area contributed by atoms with Gasteiger partial charge in [-0.05, 0) is 31.2 Å². The van der Waals surface area contributed by atoms with E-state index < -0.39 is 0 Å². The molecule has 3 rings (SSSR count). The van der Waals surface area contributed by atoms with Gasteiger partial charge in [-0.3, -0.25) is 4.79 Å². The molecule has 2 heteroatoms. The van der Waals surface area contributed by atoms with Crippen LogP contribution in [0.5, 0.6) is 0 Å². The van der Waals surface area contributed by atoms with Crippen LogP contribution in [0, 0.1) is 6.92 Å². The molecule has 0 radical (unpaired) electrons. The third-order valence-electron chi connectivity index (χ3n) is 2.73. The summed E-state index contributed by atoms with van der Waals surface area (Å²) in [5.41, 5.74) is 1.28. The molecule has 3 aromatic rings. The number of rotatable bonds is 0. The summed E-state index contributed by atoms with van der Waals surface area (Å²) in [5, 5.41) is 1.66. The van der Waals surface area contributed by atoms with Crippen LogP contribution in [0.15, 0.2) is 47.3 Å². The molecule has 2 aromatic carbocycles. The maximum absolute atomic E-state index is 12.2. The van der Waals surface area contributed by atoms with E-state index in [2.05, 4.69) is 0 Å². The monoisotopic (exact) mass is 256 g/mol. The Morgan fingerprint density at radius 2 is 1.56 bits per heavy atom. The summed E-state index contributed by atoms with van der Waals surface area (Å²) in [7, 11) is 0. The van der Waals surface area contributed by atoms with Gasteiger partial charge in [0.25, 0.3) is 0 Å². The van der Waals surface area contributed by atoms with Crippen LogP contribution in [0.3, 0.4) is 0 Å². The largest absolute Gasteiger partial charge is 0.289 e. The van der Waals surface area contributed by atoms with Gasteiger partial charge in [0, 0.05) is 20.2 Å². The maximum Gasteiger partial charge on any atom is 0.195 e. The van der Waals surface area contributed by atoms with Crippen molar-refractivity contribution in [2.45, 2.75) is 20.8 Å². The fourth-order valence-electron chi connectivity index (χ4n) is 1.92. The lowest BCUT2D eigenvalue weighted by Crippen LogP contribution is -2.00. The summed E-state index contributed by atoms with van der Waals surface area (Å²) in [6.45, 7) is 6.01. The van der Waals surface area contributed by atoms with Crippen molar-refractivity contribution in [3.63, 3.8) is 0 Å². The van der Waals surface area contributed by atoms with E-state index in [1.165, 1.54) is 0 Å². The van der Waals surface area contributed by atoms with Gasteiger partial charge < -0.3 is 0 Å². The van der Waals surface area contributed by atoms with Gasteiger partial charge in [0.05, 0.1) is 0 Å². The maximum atomic E-state index is 12.2. The van der Waals surface area contributed by atoms with Crippen LogP contribution in [0.25, 0.3) is 20.2 Å². The normalized spacial score (nSPS) is 10.2. The van der Waals surface area contributed by atoms with Crippen LogP contribution in [0.1, 0.15) is 19.4 Å². The zero-order valence-electron chi connectivity index (χ0n) is 10.9. The highest BCUT2D eigenvalue weighted by atomic mass is 32.1. The standard InChI is InChI=1S/C14H10OS.C2H6/c1-9-6-7-13-11(8-9)14(15)10-4-2-3-5-12(10)16-13;1-2/h2-8H,1H3;1-2H3. The Balaban J connectivity index is 0.000000574. The van der Waals surface area contributed by atoms with Crippen molar-refractivity contribution >= 4 is 31.5 Å². The van der Waals surface area contributed by atoms with Crippen LogP contribution >= 0.6 is 11.3 Å². The second-order valence-electron chi connectivity index (χ2n) is 3.93. The lowest BCUT2D eigenvalue weighted by molar-refractivity contribution is 1.50. The quantitative estimate of drug-likeness (QED) is 0.530. The Kier molecular flexibility index (Phi) is 3.78. The topological polar surface area (TPSA) is 17.1 Å². The highest BCUT2D eigenvalue weighted by Crippen LogP contribution is 2.24. The SMILES string of the molecule is CC.Cc1ccc2sc3ccccc3c(=O)c2c1. The average Bonchev–Trinajstić information content (AvgIpc) is 2.42. The number of benzene rings is 2. The molecule has 0 aliphatic rings. The Hall–Kier alpha value is -1.67. The van der Waals surface area contributed by atoms with Gasteiger partial charge in [-0.2, -0.15) is 0 Å². The summed E-state index contributed by atoms with van der Waals surface area (Å²) in [4.78, 5) is 12.2. The van der Waals surface area contributed by atoms with Crippen molar-refractivity contribution in [3.05, 3.63) is 58.3 Å². The van der Waals surface area contributed by atoms with Crippen molar-refractivity contribution in [3.8, 4) is 0 Å². The van der Waals surface area contributed by atoms with Crippen LogP contribution in [0.4, 0.5) is 0 Å². The fraction of sp³-hybridized carbons (Fsp3) is 0.188. The Labute approximate surface area is 111 Å². The van der Waals surface area contributed by atoms with Gasteiger partial charge in [-0.25, -0.2) is 0 Å². The summed E-state index contributed by atoms with van der Waals surface area (Å²) < 4.78 is 2.12. The van der Waals surface area contributed by atoms with Crippen LogP contribution < -0.4 is 5.43 Å². The first kappa shape index (κ1) is 12.8. The van der Waals surface area contributed by atoms with Crippen LogP contribution in [0.2, 0.25) is 0 Å². The first-order valence-corrected chi connectivity index (χ1v) is 6.99. The molecule has 0 saturated carbocycles. The minimum absolute atomic E-state index is 0.146. The first-order valence-electron chi connectivity index (χ1n) is 6.18. The molecule has 0 unspecified atom stereocenters. The Bertz CT molecular complexity index is 741. The molecule has 92 valence electrons. The van der Waals surface area contributed by atoms with Gasteiger partial charge in [-0.15, -0.1) is 11.3 Å². The molecule has 1 nitrogen and oxygen atoms in total. The zero-order chi connectivity index (χ0) is 13.1. The molecule has 0 aliphatic heterocycles. The lowest BCUT2D eigenvalue weighted by atomic mass is 10.1. The van der Waals surface area contributed by atoms with E-state index in [-0.39, 0.29) is 5.43 Å². The molecule has 0 atom stereocenters. The summed E-state index contributed by atoms with van der Waals surface area (Å²) >= 11 is 1.67. The smallest absolute Gasteiger partial charge is 0.195 e. The van der Waals surface area contributed by atoms with Crippen LogP contribution in [-0.2, 0) is 0 Å². The highest BCUT2D eigenvalue weighted by Gasteiger charge is 2.04. The minimum atomic E-state index is 0.146. The first-order chi connectivity index (χ1) is 8.75.